The molecule has 0 fully saturated rings. The SMILES string of the molecule is CCCC(CO)(CO)C(CO)(CO)C(O)CO. The van der Waals surface area contributed by atoms with Crippen molar-refractivity contribution in [3.63, 3.8) is 0 Å². The molecule has 0 aliphatic heterocycles. The molecule has 0 aromatic heterocycles. The van der Waals surface area contributed by atoms with Crippen molar-refractivity contribution >= 4 is 0 Å². The first-order valence-electron chi connectivity index (χ1n) is 5.76. The highest BCUT2D eigenvalue weighted by atomic mass is 16.3. The molecule has 6 nitrogen and oxygen atoms in total. The molecule has 0 heterocycles. The summed E-state index contributed by atoms with van der Waals surface area (Å²) in [6.45, 7) is -1.08. The van der Waals surface area contributed by atoms with Crippen LogP contribution in [0.5, 0.6) is 0 Å². The van der Waals surface area contributed by atoms with Crippen molar-refractivity contribution in [3.05, 3.63) is 0 Å². The average molecular weight is 252 g/mol. The summed E-state index contributed by atoms with van der Waals surface area (Å²) in [7, 11) is 0. The lowest BCUT2D eigenvalue weighted by atomic mass is 9.59. The first-order chi connectivity index (χ1) is 8.03. The molecule has 1 unspecified atom stereocenters. The molecule has 0 aliphatic rings. The predicted molar refractivity (Wildman–Crippen MR) is 61.2 cm³/mol. The first-order valence-corrected chi connectivity index (χ1v) is 5.76. The van der Waals surface area contributed by atoms with Crippen LogP contribution in [0, 0.1) is 10.8 Å². The van der Waals surface area contributed by atoms with Gasteiger partial charge in [0.15, 0.2) is 0 Å². The molecule has 1 atom stereocenters. The van der Waals surface area contributed by atoms with E-state index in [1.54, 1.807) is 0 Å². The van der Waals surface area contributed by atoms with Crippen LogP contribution < -0.4 is 0 Å². The summed E-state index contributed by atoms with van der Waals surface area (Å²) < 4.78 is 0. The highest BCUT2D eigenvalue weighted by molar-refractivity contribution is 5.01. The van der Waals surface area contributed by atoms with Gasteiger partial charge >= 0.3 is 0 Å². The Bertz CT molecular complexity index is 200. The minimum atomic E-state index is -1.53. The van der Waals surface area contributed by atoms with Crippen LogP contribution in [0.3, 0.4) is 0 Å². The molecule has 0 rings (SSSR count). The molecule has 0 bridgehead atoms. The summed E-state index contributed by atoms with van der Waals surface area (Å²) in [4.78, 5) is 0. The number of aliphatic hydroxyl groups excluding tert-OH is 6. The Kier molecular flexibility index (Phi) is 7.15. The molecular weight excluding hydrogens is 228 g/mol. The van der Waals surface area contributed by atoms with Gasteiger partial charge in [0.25, 0.3) is 0 Å². The molecule has 0 spiro atoms. The number of hydrogen-bond acceptors (Lipinski definition) is 6. The second-order valence-electron chi connectivity index (χ2n) is 4.52. The Morgan fingerprint density at radius 3 is 1.59 bits per heavy atom. The van der Waals surface area contributed by atoms with Gasteiger partial charge in [0, 0.05) is 5.41 Å². The van der Waals surface area contributed by atoms with Crippen LogP contribution in [0.15, 0.2) is 0 Å². The molecule has 0 amide bonds. The van der Waals surface area contributed by atoms with Gasteiger partial charge in [-0.2, -0.15) is 0 Å². The van der Waals surface area contributed by atoms with Gasteiger partial charge in [-0.05, 0) is 6.42 Å². The molecule has 104 valence electrons. The molecule has 0 aromatic carbocycles. The van der Waals surface area contributed by atoms with Crippen molar-refractivity contribution in [2.75, 3.05) is 33.0 Å². The van der Waals surface area contributed by atoms with Gasteiger partial charge in [-0.15, -0.1) is 0 Å². The number of rotatable bonds is 9. The van der Waals surface area contributed by atoms with E-state index in [-0.39, 0.29) is 0 Å². The van der Waals surface area contributed by atoms with Crippen LogP contribution in [0.2, 0.25) is 0 Å². The van der Waals surface area contributed by atoms with Crippen LogP contribution in [0.25, 0.3) is 0 Å². The van der Waals surface area contributed by atoms with Gasteiger partial charge in [-0.25, -0.2) is 0 Å². The summed E-state index contributed by atoms with van der Waals surface area (Å²) in [5.41, 5.74) is -2.76. The lowest BCUT2D eigenvalue weighted by molar-refractivity contribution is -0.182. The van der Waals surface area contributed by atoms with E-state index in [0.29, 0.717) is 12.8 Å². The van der Waals surface area contributed by atoms with Gasteiger partial charge in [-0.1, -0.05) is 13.3 Å². The first kappa shape index (κ1) is 16.8. The largest absolute Gasteiger partial charge is 0.396 e. The fourth-order valence-corrected chi connectivity index (χ4v) is 2.37. The quantitative estimate of drug-likeness (QED) is 0.284. The van der Waals surface area contributed by atoms with Crippen LogP contribution >= 0.6 is 0 Å². The van der Waals surface area contributed by atoms with Crippen molar-refractivity contribution in [2.45, 2.75) is 25.9 Å². The van der Waals surface area contributed by atoms with E-state index in [9.17, 15) is 25.5 Å². The summed E-state index contributed by atoms with van der Waals surface area (Å²) in [5, 5.41) is 56.7. The smallest absolute Gasteiger partial charge is 0.0878 e. The van der Waals surface area contributed by atoms with Crippen molar-refractivity contribution < 1.29 is 30.6 Å². The van der Waals surface area contributed by atoms with Crippen LogP contribution in [-0.2, 0) is 0 Å². The lowest BCUT2D eigenvalue weighted by Gasteiger charge is -2.49. The van der Waals surface area contributed by atoms with Gasteiger partial charge in [0.05, 0.1) is 44.6 Å². The summed E-state index contributed by atoms with van der Waals surface area (Å²) in [6.07, 6.45) is -0.498. The van der Waals surface area contributed by atoms with E-state index in [0.717, 1.165) is 0 Å². The van der Waals surface area contributed by atoms with E-state index in [2.05, 4.69) is 0 Å². The van der Waals surface area contributed by atoms with Crippen LogP contribution in [-0.4, -0.2) is 69.8 Å². The third-order valence-corrected chi connectivity index (χ3v) is 3.77. The van der Waals surface area contributed by atoms with Gasteiger partial charge in [0.2, 0.25) is 0 Å². The topological polar surface area (TPSA) is 121 Å². The second-order valence-corrected chi connectivity index (χ2v) is 4.52. The number of hydrogen-bond donors (Lipinski definition) is 6. The molecule has 0 aliphatic carbocycles. The van der Waals surface area contributed by atoms with E-state index >= 15 is 0 Å². The average Bonchev–Trinajstić information content (AvgIpc) is 2.38. The Morgan fingerprint density at radius 2 is 1.35 bits per heavy atom. The van der Waals surface area contributed by atoms with Crippen molar-refractivity contribution in [3.8, 4) is 0 Å². The third-order valence-electron chi connectivity index (χ3n) is 3.77. The predicted octanol–water partition coefficient (Wildman–Crippen LogP) is -1.92. The van der Waals surface area contributed by atoms with E-state index in [1.165, 1.54) is 0 Å². The van der Waals surface area contributed by atoms with Gasteiger partial charge in [0.1, 0.15) is 0 Å². The Balaban J connectivity index is 5.49. The molecule has 0 saturated carbocycles. The molecule has 0 radical (unpaired) electrons. The summed E-state index contributed by atoms with van der Waals surface area (Å²) in [6, 6.07) is 0. The molecular formula is C11H24O6. The van der Waals surface area contributed by atoms with E-state index in [4.69, 9.17) is 5.11 Å². The zero-order valence-corrected chi connectivity index (χ0v) is 10.2. The summed E-state index contributed by atoms with van der Waals surface area (Å²) >= 11 is 0. The third kappa shape index (κ3) is 2.78. The Labute approximate surface area is 101 Å². The minimum absolute atomic E-state index is 0.318. The molecule has 0 aromatic rings. The van der Waals surface area contributed by atoms with Gasteiger partial charge in [-0.3, -0.25) is 0 Å². The monoisotopic (exact) mass is 252 g/mol. The van der Waals surface area contributed by atoms with Crippen LogP contribution in [0.1, 0.15) is 19.8 Å². The fourth-order valence-electron chi connectivity index (χ4n) is 2.37. The molecule has 17 heavy (non-hydrogen) atoms. The van der Waals surface area contributed by atoms with Crippen LogP contribution in [0.4, 0.5) is 0 Å². The zero-order valence-electron chi connectivity index (χ0n) is 10.2. The molecule has 6 N–H and O–H groups in total. The van der Waals surface area contributed by atoms with Crippen molar-refractivity contribution in [1.82, 2.24) is 0 Å². The second kappa shape index (κ2) is 7.25. The Hall–Kier alpha value is -0.240. The van der Waals surface area contributed by atoms with Gasteiger partial charge < -0.3 is 30.6 Å². The van der Waals surface area contributed by atoms with Crippen molar-refractivity contribution in [1.29, 1.82) is 0 Å². The van der Waals surface area contributed by atoms with Crippen molar-refractivity contribution in [2.24, 2.45) is 10.8 Å². The minimum Gasteiger partial charge on any atom is -0.396 e. The normalized spacial score (nSPS) is 15.0. The molecule has 6 heteroatoms. The lowest BCUT2D eigenvalue weighted by Crippen LogP contribution is -2.59. The highest BCUT2D eigenvalue weighted by Gasteiger charge is 2.54. The Morgan fingerprint density at radius 1 is 0.882 bits per heavy atom. The van der Waals surface area contributed by atoms with E-state index < -0.39 is 50.0 Å². The van der Waals surface area contributed by atoms with E-state index in [1.807, 2.05) is 6.92 Å². The highest BCUT2D eigenvalue weighted by Crippen LogP contribution is 2.44. The molecule has 0 saturated heterocycles. The maximum atomic E-state index is 9.80. The fraction of sp³-hybridized carbons (Fsp3) is 1.00. The zero-order chi connectivity index (χ0) is 13.5. The summed E-state index contributed by atoms with van der Waals surface area (Å²) in [5.74, 6) is 0. The maximum Gasteiger partial charge on any atom is 0.0878 e. The maximum absolute atomic E-state index is 9.80. The number of aliphatic hydroxyl groups is 6. The standard InChI is InChI=1S/C11H24O6/c1-2-3-10(5-13,6-14)11(7-15,8-16)9(17)4-12/h9,12-17H,2-8H2,1H3.